The van der Waals surface area contributed by atoms with Crippen molar-refractivity contribution < 1.29 is 19.8 Å². The fraction of sp³-hybridized carbons (Fsp3) is 0.500. The maximum absolute atomic E-state index is 12.0. The van der Waals surface area contributed by atoms with Crippen LogP contribution >= 0.6 is 15.9 Å². The van der Waals surface area contributed by atoms with Crippen LogP contribution in [0.2, 0.25) is 0 Å². The normalized spacial score (nSPS) is 16.1. The SMILES string of the molecule is O=C(NCC[C@H](O)C(=O)O)c1cc(Br)cn1C1CC1. The highest BCUT2D eigenvalue weighted by atomic mass is 79.9. The summed E-state index contributed by atoms with van der Waals surface area (Å²) in [7, 11) is 0. The van der Waals surface area contributed by atoms with Crippen molar-refractivity contribution in [1.29, 1.82) is 0 Å². The summed E-state index contributed by atoms with van der Waals surface area (Å²) in [4.78, 5) is 22.4. The zero-order valence-corrected chi connectivity index (χ0v) is 11.8. The van der Waals surface area contributed by atoms with Crippen LogP contribution in [0.1, 0.15) is 35.8 Å². The van der Waals surface area contributed by atoms with E-state index in [1.165, 1.54) is 0 Å². The Morgan fingerprint density at radius 1 is 1.53 bits per heavy atom. The van der Waals surface area contributed by atoms with Gasteiger partial charge in [-0.05, 0) is 34.8 Å². The van der Waals surface area contributed by atoms with Crippen molar-refractivity contribution in [3.8, 4) is 0 Å². The van der Waals surface area contributed by atoms with Crippen LogP contribution in [0, 0.1) is 0 Å². The minimum atomic E-state index is -1.44. The molecule has 1 atom stereocenters. The molecule has 104 valence electrons. The minimum Gasteiger partial charge on any atom is -0.479 e. The number of carboxylic acid groups (broad SMARTS) is 1. The molecule has 2 rings (SSSR count). The molecule has 1 amide bonds. The first-order valence-corrected chi connectivity index (χ1v) is 6.85. The van der Waals surface area contributed by atoms with Gasteiger partial charge in [0.25, 0.3) is 5.91 Å². The molecule has 1 aromatic heterocycles. The van der Waals surface area contributed by atoms with E-state index in [0.29, 0.717) is 11.7 Å². The second-order valence-corrected chi connectivity index (χ2v) is 5.50. The largest absolute Gasteiger partial charge is 0.479 e. The number of nitrogens with one attached hydrogen (secondary N) is 1. The average Bonchev–Trinajstić information content (AvgIpc) is 3.12. The number of carbonyl (C=O) groups is 2. The topological polar surface area (TPSA) is 91.6 Å². The first-order valence-electron chi connectivity index (χ1n) is 6.05. The molecular weight excluding hydrogens is 316 g/mol. The van der Waals surface area contributed by atoms with Crippen LogP contribution in [0.15, 0.2) is 16.7 Å². The molecule has 7 heteroatoms. The lowest BCUT2D eigenvalue weighted by Gasteiger charge is -2.09. The number of nitrogens with zero attached hydrogens (tertiary/aromatic N) is 1. The van der Waals surface area contributed by atoms with Crippen molar-refractivity contribution in [3.63, 3.8) is 0 Å². The summed E-state index contributed by atoms with van der Waals surface area (Å²) in [6.45, 7) is 0.125. The summed E-state index contributed by atoms with van der Waals surface area (Å²) >= 11 is 3.34. The summed E-state index contributed by atoms with van der Waals surface area (Å²) in [5.74, 6) is -1.53. The molecule has 6 nitrogen and oxygen atoms in total. The van der Waals surface area contributed by atoms with Gasteiger partial charge in [0.05, 0.1) is 0 Å². The van der Waals surface area contributed by atoms with E-state index in [-0.39, 0.29) is 18.9 Å². The minimum absolute atomic E-state index is 0.00756. The van der Waals surface area contributed by atoms with E-state index in [2.05, 4.69) is 21.2 Å². The van der Waals surface area contributed by atoms with Crippen molar-refractivity contribution >= 4 is 27.8 Å². The van der Waals surface area contributed by atoms with Gasteiger partial charge >= 0.3 is 5.97 Å². The molecule has 3 N–H and O–H groups in total. The third-order valence-corrected chi connectivity index (χ3v) is 3.41. The first-order chi connectivity index (χ1) is 8.99. The number of hydrogen-bond acceptors (Lipinski definition) is 3. The summed E-state index contributed by atoms with van der Waals surface area (Å²) in [6, 6.07) is 2.12. The molecule has 0 spiro atoms. The van der Waals surface area contributed by atoms with Crippen LogP contribution in [0.3, 0.4) is 0 Å². The van der Waals surface area contributed by atoms with Gasteiger partial charge in [0.15, 0.2) is 6.10 Å². The Morgan fingerprint density at radius 2 is 2.21 bits per heavy atom. The highest BCUT2D eigenvalue weighted by molar-refractivity contribution is 9.10. The predicted molar refractivity (Wildman–Crippen MR) is 71.0 cm³/mol. The number of aliphatic carboxylic acids is 1. The van der Waals surface area contributed by atoms with Crippen LogP contribution in [0.4, 0.5) is 0 Å². The van der Waals surface area contributed by atoms with E-state index in [1.807, 2.05) is 10.8 Å². The van der Waals surface area contributed by atoms with Crippen molar-refractivity contribution in [2.45, 2.75) is 31.4 Å². The molecule has 1 aliphatic rings. The molecule has 1 aromatic rings. The van der Waals surface area contributed by atoms with E-state index >= 15 is 0 Å². The summed E-state index contributed by atoms with van der Waals surface area (Å²) < 4.78 is 2.77. The molecule has 0 aliphatic heterocycles. The molecule has 1 heterocycles. The van der Waals surface area contributed by atoms with Gasteiger partial charge in [-0.1, -0.05) is 0 Å². The Morgan fingerprint density at radius 3 is 2.79 bits per heavy atom. The average molecular weight is 331 g/mol. The van der Waals surface area contributed by atoms with Crippen LogP contribution < -0.4 is 5.32 Å². The summed E-state index contributed by atoms with van der Waals surface area (Å²) in [6.07, 6.45) is 2.56. The first kappa shape index (κ1) is 14.1. The van der Waals surface area contributed by atoms with Gasteiger partial charge < -0.3 is 20.1 Å². The third kappa shape index (κ3) is 3.57. The zero-order valence-electron chi connectivity index (χ0n) is 10.2. The summed E-state index contributed by atoms with van der Waals surface area (Å²) in [5.41, 5.74) is 0.555. The standard InChI is InChI=1S/C12H15BrN2O4/c13-7-5-9(15(6-7)8-1-2-8)11(17)14-4-3-10(16)12(18)19/h5-6,8,10,16H,1-4H2,(H,14,17)(H,18,19)/t10-/m0/s1. The van der Waals surface area contributed by atoms with Gasteiger partial charge in [-0.3, -0.25) is 4.79 Å². The van der Waals surface area contributed by atoms with Gasteiger partial charge in [0.1, 0.15) is 5.69 Å². The zero-order chi connectivity index (χ0) is 14.0. The molecule has 0 bridgehead atoms. The number of hydrogen-bond donors (Lipinski definition) is 3. The van der Waals surface area contributed by atoms with Crippen molar-refractivity contribution in [1.82, 2.24) is 9.88 Å². The number of rotatable bonds is 6. The fourth-order valence-electron chi connectivity index (χ4n) is 1.82. The number of amides is 1. The van der Waals surface area contributed by atoms with Crippen molar-refractivity contribution in [2.24, 2.45) is 0 Å². The van der Waals surface area contributed by atoms with E-state index in [0.717, 1.165) is 17.3 Å². The molecule has 1 fully saturated rings. The number of carboxylic acids is 1. The van der Waals surface area contributed by atoms with E-state index in [1.54, 1.807) is 6.07 Å². The number of aromatic nitrogens is 1. The number of aliphatic hydroxyl groups is 1. The lowest BCUT2D eigenvalue weighted by Crippen LogP contribution is -2.31. The lowest BCUT2D eigenvalue weighted by atomic mass is 10.2. The third-order valence-electron chi connectivity index (χ3n) is 2.98. The molecule has 1 aliphatic carbocycles. The molecule has 1 saturated carbocycles. The van der Waals surface area contributed by atoms with Gasteiger partial charge in [0.2, 0.25) is 0 Å². The second-order valence-electron chi connectivity index (χ2n) is 4.58. The Balaban J connectivity index is 1.91. The number of carbonyl (C=O) groups excluding carboxylic acids is 1. The Kier molecular flexibility index (Phi) is 4.26. The Hall–Kier alpha value is -1.34. The van der Waals surface area contributed by atoms with Crippen molar-refractivity contribution in [2.75, 3.05) is 6.54 Å². The van der Waals surface area contributed by atoms with Crippen LogP contribution in [0.5, 0.6) is 0 Å². The number of aliphatic hydroxyl groups excluding tert-OH is 1. The van der Waals surface area contributed by atoms with E-state index in [9.17, 15) is 9.59 Å². The van der Waals surface area contributed by atoms with E-state index < -0.39 is 12.1 Å². The van der Waals surface area contributed by atoms with Gasteiger partial charge in [-0.2, -0.15) is 0 Å². The summed E-state index contributed by atoms with van der Waals surface area (Å²) in [5, 5.41) is 20.2. The number of halogens is 1. The fourth-order valence-corrected chi connectivity index (χ4v) is 2.26. The molecule has 0 aromatic carbocycles. The van der Waals surface area contributed by atoms with Gasteiger partial charge in [0, 0.05) is 29.7 Å². The smallest absolute Gasteiger partial charge is 0.332 e. The van der Waals surface area contributed by atoms with Crippen LogP contribution in [0.25, 0.3) is 0 Å². The van der Waals surface area contributed by atoms with E-state index in [4.69, 9.17) is 10.2 Å². The predicted octanol–water partition coefficient (Wildman–Crippen LogP) is 1.15. The van der Waals surface area contributed by atoms with Gasteiger partial charge in [-0.25, -0.2) is 4.79 Å². The highest BCUT2D eigenvalue weighted by Crippen LogP contribution is 2.37. The molecule has 19 heavy (non-hydrogen) atoms. The van der Waals surface area contributed by atoms with Crippen LogP contribution in [-0.4, -0.2) is 39.3 Å². The molecule has 0 unspecified atom stereocenters. The molecule has 0 saturated heterocycles. The van der Waals surface area contributed by atoms with Gasteiger partial charge in [-0.15, -0.1) is 0 Å². The molecular formula is C12H15BrN2O4. The van der Waals surface area contributed by atoms with Crippen LogP contribution in [-0.2, 0) is 4.79 Å². The lowest BCUT2D eigenvalue weighted by molar-refractivity contribution is -0.146. The maximum atomic E-state index is 12.0. The maximum Gasteiger partial charge on any atom is 0.332 e. The Bertz CT molecular complexity index is 496. The monoisotopic (exact) mass is 330 g/mol. The highest BCUT2D eigenvalue weighted by Gasteiger charge is 2.27. The Labute approximate surface area is 118 Å². The molecule has 0 radical (unpaired) electrons. The quantitative estimate of drug-likeness (QED) is 0.729. The second kappa shape index (κ2) is 5.75. The van der Waals surface area contributed by atoms with Crippen molar-refractivity contribution in [3.05, 3.63) is 22.4 Å².